The van der Waals surface area contributed by atoms with Gasteiger partial charge in [0, 0.05) is 0 Å². The summed E-state index contributed by atoms with van der Waals surface area (Å²) in [6.07, 6.45) is -1.98. The fourth-order valence-corrected chi connectivity index (χ4v) is 2.51. The fraction of sp³-hybridized carbons (Fsp3) is 0.176. The first kappa shape index (κ1) is 21.4. The van der Waals surface area contributed by atoms with E-state index in [-0.39, 0.29) is 17.5 Å². The minimum atomic E-state index is -1.92. The molecule has 0 spiro atoms. The molecule has 27 heavy (non-hydrogen) atoms. The summed E-state index contributed by atoms with van der Waals surface area (Å²) in [4.78, 5) is 12.0. The number of carbonyl (C=O) groups excluding carboxylic acids is 1. The first-order valence-electron chi connectivity index (χ1n) is 7.65. The van der Waals surface area contributed by atoms with Crippen LogP contribution >= 0.6 is 47.0 Å². The Morgan fingerprint density at radius 1 is 1.07 bits per heavy atom. The minimum Gasteiger partial charge on any atom is -0.506 e. The van der Waals surface area contributed by atoms with Gasteiger partial charge in [0.2, 0.25) is 3.79 Å². The Balaban J connectivity index is 1.93. The fourth-order valence-electron chi connectivity index (χ4n) is 1.95. The first-order chi connectivity index (χ1) is 12.8. The maximum Gasteiger partial charge on any atom is 0.409 e. The van der Waals surface area contributed by atoms with Crippen molar-refractivity contribution >= 4 is 63.9 Å². The van der Waals surface area contributed by atoms with Gasteiger partial charge < -0.3 is 20.5 Å². The zero-order valence-electron chi connectivity index (χ0n) is 13.8. The molecule has 2 rings (SSSR count). The van der Waals surface area contributed by atoms with Crippen molar-refractivity contribution in [3.05, 3.63) is 60.2 Å². The molecule has 0 bridgehead atoms. The van der Waals surface area contributed by atoms with Gasteiger partial charge in [0.05, 0.1) is 5.69 Å². The maximum atomic E-state index is 12.0. The molecule has 0 heterocycles. The summed E-state index contributed by atoms with van der Waals surface area (Å²) in [6.45, 7) is 0.0554. The molecule has 0 aromatic heterocycles. The summed E-state index contributed by atoms with van der Waals surface area (Å²) in [5, 5.41) is 17.6. The van der Waals surface area contributed by atoms with Gasteiger partial charge in [-0.3, -0.25) is 5.32 Å². The maximum absolute atomic E-state index is 12.0. The summed E-state index contributed by atoms with van der Waals surface area (Å²) in [5.41, 5.74) is 1.16. The van der Waals surface area contributed by atoms with Crippen molar-refractivity contribution in [1.82, 2.24) is 10.6 Å². The van der Waals surface area contributed by atoms with Crippen molar-refractivity contribution in [3.63, 3.8) is 0 Å². The molecule has 0 saturated heterocycles. The molecular formula is C17H16Cl3N3O3S. The smallest absolute Gasteiger partial charge is 0.409 e. The van der Waals surface area contributed by atoms with E-state index in [1.807, 2.05) is 30.3 Å². The molecule has 0 radical (unpaired) electrons. The van der Waals surface area contributed by atoms with Gasteiger partial charge in [-0.25, -0.2) is 4.79 Å². The van der Waals surface area contributed by atoms with Gasteiger partial charge >= 0.3 is 6.09 Å². The number of alkyl carbamates (subject to hydrolysis) is 1. The van der Waals surface area contributed by atoms with Gasteiger partial charge in [0.1, 0.15) is 12.4 Å². The van der Waals surface area contributed by atoms with Gasteiger partial charge in [0.25, 0.3) is 0 Å². The Kier molecular flexibility index (Phi) is 7.79. The number of anilines is 1. The molecule has 0 unspecified atom stereocenters. The Bertz CT molecular complexity index is 788. The zero-order valence-corrected chi connectivity index (χ0v) is 16.9. The number of rotatable bonds is 5. The summed E-state index contributed by atoms with van der Waals surface area (Å²) >= 11 is 22.8. The highest BCUT2D eigenvalue weighted by atomic mass is 35.6. The standard InChI is InChI=1S/C17H16Cl3N3O3S/c18-17(19,20)14(22-15(27)21-12-8-4-5-9-13(12)24)23-16(25)26-10-11-6-2-1-3-7-11/h1-9,14,24H,10H2,(H,23,25)(H2,21,22,27)/t14-/m1/s1. The topological polar surface area (TPSA) is 82.6 Å². The number of nitrogens with one attached hydrogen (secondary N) is 3. The number of aromatic hydroxyl groups is 1. The van der Waals surface area contributed by atoms with Crippen molar-refractivity contribution in [2.75, 3.05) is 5.32 Å². The lowest BCUT2D eigenvalue weighted by Crippen LogP contribution is -2.56. The van der Waals surface area contributed by atoms with Crippen LogP contribution in [0.5, 0.6) is 5.75 Å². The van der Waals surface area contributed by atoms with Crippen molar-refractivity contribution in [3.8, 4) is 5.75 Å². The Labute approximate surface area is 176 Å². The molecule has 6 nitrogen and oxygen atoms in total. The molecule has 4 N–H and O–H groups in total. The number of benzene rings is 2. The highest BCUT2D eigenvalue weighted by molar-refractivity contribution is 7.80. The van der Waals surface area contributed by atoms with E-state index < -0.39 is 16.1 Å². The summed E-state index contributed by atoms with van der Waals surface area (Å²) < 4.78 is 3.18. The highest BCUT2D eigenvalue weighted by Crippen LogP contribution is 2.29. The van der Waals surface area contributed by atoms with Crippen LogP contribution < -0.4 is 16.0 Å². The number of thiocarbonyl (C=S) groups is 1. The lowest BCUT2D eigenvalue weighted by Gasteiger charge is -2.27. The largest absolute Gasteiger partial charge is 0.506 e. The summed E-state index contributed by atoms with van der Waals surface area (Å²) in [5.74, 6) is -0.0117. The van der Waals surface area contributed by atoms with E-state index in [9.17, 15) is 9.90 Å². The van der Waals surface area contributed by atoms with Crippen LogP contribution in [0.1, 0.15) is 5.56 Å². The molecule has 2 aromatic rings. The van der Waals surface area contributed by atoms with E-state index >= 15 is 0 Å². The number of carbonyl (C=O) groups is 1. The third-order valence-corrected chi connectivity index (χ3v) is 4.10. The van der Waals surface area contributed by atoms with Gasteiger partial charge in [-0.15, -0.1) is 0 Å². The molecule has 0 fully saturated rings. The monoisotopic (exact) mass is 447 g/mol. The van der Waals surface area contributed by atoms with Crippen LogP contribution in [0, 0.1) is 0 Å². The van der Waals surface area contributed by atoms with Crippen molar-refractivity contribution < 1.29 is 14.6 Å². The van der Waals surface area contributed by atoms with Gasteiger partial charge in [-0.05, 0) is 29.9 Å². The molecule has 0 saturated carbocycles. The Morgan fingerprint density at radius 3 is 2.33 bits per heavy atom. The molecule has 0 aliphatic rings. The van der Waals surface area contributed by atoms with Crippen LogP contribution in [0.25, 0.3) is 0 Å². The number of amides is 1. The van der Waals surface area contributed by atoms with Crippen LogP contribution in [-0.4, -0.2) is 26.3 Å². The van der Waals surface area contributed by atoms with Gasteiger partial charge in [-0.2, -0.15) is 0 Å². The number of halogens is 3. The number of hydrogen-bond acceptors (Lipinski definition) is 4. The predicted molar refractivity (Wildman–Crippen MR) is 111 cm³/mol. The number of ether oxygens (including phenoxy) is 1. The zero-order chi connectivity index (χ0) is 19.9. The van der Waals surface area contributed by atoms with Crippen LogP contribution in [0.2, 0.25) is 0 Å². The second kappa shape index (κ2) is 9.85. The quantitative estimate of drug-likeness (QED) is 0.236. The minimum absolute atomic E-state index is 0.0117. The second-order valence-electron chi connectivity index (χ2n) is 5.30. The highest BCUT2D eigenvalue weighted by Gasteiger charge is 2.35. The first-order valence-corrected chi connectivity index (χ1v) is 9.19. The van der Waals surface area contributed by atoms with E-state index in [1.54, 1.807) is 18.2 Å². The molecule has 0 aliphatic heterocycles. The molecule has 144 valence electrons. The number of para-hydroxylation sites is 2. The summed E-state index contributed by atoms with van der Waals surface area (Å²) in [7, 11) is 0. The van der Waals surface area contributed by atoms with Gasteiger partial charge in [0.15, 0.2) is 11.3 Å². The lowest BCUT2D eigenvalue weighted by atomic mass is 10.2. The van der Waals surface area contributed by atoms with Crippen LogP contribution in [0.15, 0.2) is 54.6 Å². The Hall–Kier alpha value is -1.93. The van der Waals surface area contributed by atoms with Crippen LogP contribution in [-0.2, 0) is 11.3 Å². The van der Waals surface area contributed by atoms with Crippen LogP contribution in [0.4, 0.5) is 10.5 Å². The normalized spacial score (nSPS) is 12.0. The second-order valence-corrected chi connectivity index (χ2v) is 8.07. The Morgan fingerprint density at radius 2 is 1.70 bits per heavy atom. The molecule has 1 atom stereocenters. The van der Waals surface area contributed by atoms with Crippen LogP contribution in [0.3, 0.4) is 0 Å². The predicted octanol–water partition coefficient (Wildman–Crippen LogP) is 4.30. The summed E-state index contributed by atoms with van der Waals surface area (Å²) in [6, 6.07) is 15.6. The number of alkyl halides is 3. The molecule has 2 aromatic carbocycles. The van der Waals surface area contributed by atoms with E-state index in [1.165, 1.54) is 6.07 Å². The number of phenolic OH excluding ortho intramolecular Hbond substituents is 1. The lowest BCUT2D eigenvalue weighted by molar-refractivity contribution is 0.135. The van der Waals surface area contributed by atoms with E-state index in [2.05, 4.69) is 16.0 Å². The third kappa shape index (κ3) is 7.30. The van der Waals surface area contributed by atoms with Crippen molar-refractivity contribution in [2.45, 2.75) is 16.6 Å². The molecule has 10 heteroatoms. The SMILES string of the molecule is O=C(N[C@@H](NC(=S)Nc1ccccc1O)C(Cl)(Cl)Cl)OCc1ccccc1. The molecule has 1 amide bonds. The van der Waals surface area contributed by atoms with E-state index in [0.29, 0.717) is 5.69 Å². The number of hydrogen-bond donors (Lipinski definition) is 4. The van der Waals surface area contributed by atoms with Gasteiger partial charge in [-0.1, -0.05) is 77.3 Å². The molecule has 0 aliphatic carbocycles. The van der Waals surface area contributed by atoms with Crippen molar-refractivity contribution in [2.24, 2.45) is 0 Å². The average Bonchev–Trinajstić information content (AvgIpc) is 2.61. The van der Waals surface area contributed by atoms with E-state index in [4.69, 9.17) is 51.8 Å². The average molecular weight is 449 g/mol. The third-order valence-electron chi connectivity index (χ3n) is 3.23. The molecular weight excluding hydrogens is 433 g/mol. The van der Waals surface area contributed by atoms with E-state index in [0.717, 1.165) is 5.56 Å². The van der Waals surface area contributed by atoms with Crippen molar-refractivity contribution in [1.29, 1.82) is 0 Å². The number of phenols is 1.